The van der Waals surface area contributed by atoms with Crippen LogP contribution in [0.2, 0.25) is 0 Å². The fraction of sp³-hybridized carbons (Fsp3) is 0.846. The summed E-state index contributed by atoms with van der Waals surface area (Å²) >= 11 is 0. The molecule has 1 N–H and O–H groups in total. The fourth-order valence-corrected chi connectivity index (χ4v) is 2.11. The molecule has 1 amide bonds. The monoisotopic (exact) mass is 256 g/mol. The minimum absolute atomic E-state index is 0.0138. The minimum Gasteiger partial charge on any atom is -0.466 e. The maximum absolute atomic E-state index is 11.5. The van der Waals surface area contributed by atoms with Crippen LogP contribution >= 0.6 is 0 Å². The highest BCUT2D eigenvalue weighted by molar-refractivity contribution is 5.78. The Labute approximate surface area is 109 Å². The van der Waals surface area contributed by atoms with Crippen molar-refractivity contribution in [3.05, 3.63) is 0 Å². The summed E-state index contributed by atoms with van der Waals surface area (Å²) in [5, 5.41) is 2.86. The van der Waals surface area contributed by atoms with E-state index < -0.39 is 0 Å². The average molecular weight is 256 g/mol. The number of esters is 1. The molecule has 5 nitrogen and oxygen atoms in total. The Balaban J connectivity index is 2.22. The molecule has 1 aliphatic rings. The number of amides is 1. The van der Waals surface area contributed by atoms with Crippen LogP contribution in [-0.4, -0.2) is 49.6 Å². The SMILES string of the molecule is CCCNC(=O)CN1CCC(C(=O)OCC)CC1. The van der Waals surface area contributed by atoms with Crippen LogP contribution < -0.4 is 5.32 Å². The Morgan fingerprint density at radius 1 is 1.28 bits per heavy atom. The van der Waals surface area contributed by atoms with E-state index in [1.54, 1.807) is 0 Å². The molecular weight excluding hydrogens is 232 g/mol. The summed E-state index contributed by atoms with van der Waals surface area (Å²) in [4.78, 5) is 25.2. The first-order chi connectivity index (χ1) is 8.67. The van der Waals surface area contributed by atoms with Gasteiger partial charge in [-0.15, -0.1) is 0 Å². The van der Waals surface area contributed by atoms with Gasteiger partial charge in [0.25, 0.3) is 0 Å². The molecule has 0 aromatic rings. The van der Waals surface area contributed by atoms with Crippen molar-refractivity contribution in [2.24, 2.45) is 5.92 Å². The van der Waals surface area contributed by atoms with E-state index in [4.69, 9.17) is 4.74 Å². The van der Waals surface area contributed by atoms with Crippen molar-refractivity contribution in [3.63, 3.8) is 0 Å². The summed E-state index contributed by atoms with van der Waals surface area (Å²) in [6.45, 7) is 7.06. The van der Waals surface area contributed by atoms with E-state index >= 15 is 0 Å². The molecule has 1 fully saturated rings. The molecule has 0 radical (unpaired) electrons. The lowest BCUT2D eigenvalue weighted by atomic mass is 9.97. The zero-order valence-corrected chi connectivity index (χ0v) is 11.4. The van der Waals surface area contributed by atoms with Gasteiger partial charge in [0.2, 0.25) is 5.91 Å². The highest BCUT2D eigenvalue weighted by Gasteiger charge is 2.26. The first-order valence-corrected chi connectivity index (χ1v) is 6.83. The molecule has 104 valence electrons. The summed E-state index contributed by atoms with van der Waals surface area (Å²) in [5.41, 5.74) is 0. The molecule has 0 saturated carbocycles. The van der Waals surface area contributed by atoms with Crippen LogP contribution in [0.3, 0.4) is 0 Å². The van der Waals surface area contributed by atoms with Crippen molar-refractivity contribution in [2.75, 3.05) is 32.8 Å². The van der Waals surface area contributed by atoms with Crippen molar-refractivity contribution in [1.29, 1.82) is 0 Å². The zero-order chi connectivity index (χ0) is 13.4. The Morgan fingerprint density at radius 3 is 2.50 bits per heavy atom. The quantitative estimate of drug-likeness (QED) is 0.714. The van der Waals surface area contributed by atoms with Crippen molar-refractivity contribution >= 4 is 11.9 Å². The van der Waals surface area contributed by atoms with Crippen LogP contribution in [0.4, 0.5) is 0 Å². The number of ether oxygens (including phenoxy) is 1. The van der Waals surface area contributed by atoms with Crippen molar-refractivity contribution < 1.29 is 14.3 Å². The first kappa shape index (κ1) is 15.0. The van der Waals surface area contributed by atoms with Gasteiger partial charge in [-0.25, -0.2) is 0 Å². The molecule has 0 aromatic carbocycles. The predicted molar refractivity (Wildman–Crippen MR) is 69.1 cm³/mol. The topological polar surface area (TPSA) is 58.6 Å². The molecular formula is C13H24N2O3. The maximum atomic E-state index is 11.5. The zero-order valence-electron chi connectivity index (χ0n) is 11.4. The van der Waals surface area contributed by atoms with Crippen molar-refractivity contribution in [3.8, 4) is 0 Å². The Kier molecular flexibility index (Phi) is 6.72. The third-order valence-corrected chi connectivity index (χ3v) is 3.15. The second kappa shape index (κ2) is 8.08. The van der Waals surface area contributed by atoms with E-state index in [0.717, 1.165) is 38.9 Å². The summed E-state index contributed by atoms with van der Waals surface area (Å²) in [6, 6.07) is 0. The van der Waals surface area contributed by atoms with Crippen LogP contribution in [0, 0.1) is 5.92 Å². The third-order valence-electron chi connectivity index (χ3n) is 3.15. The number of rotatable bonds is 6. The van der Waals surface area contributed by atoms with Gasteiger partial charge in [0.1, 0.15) is 0 Å². The molecule has 1 saturated heterocycles. The molecule has 1 aliphatic heterocycles. The highest BCUT2D eigenvalue weighted by Crippen LogP contribution is 2.18. The van der Waals surface area contributed by atoms with Crippen LogP contribution in [0.1, 0.15) is 33.1 Å². The summed E-state index contributed by atoms with van der Waals surface area (Å²) < 4.78 is 5.01. The number of hydrogen-bond donors (Lipinski definition) is 1. The van der Waals surface area contributed by atoms with Crippen LogP contribution in [-0.2, 0) is 14.3 Å². The highest BCUT2D eigenvalue weighted by atomic mass is 16.5. The van der Waals surface area contributed by atoms with Gasteiger partial charge in [-0.1, -0.05) is 6.92 Å². The van der Waals surface area contributed by atoms with Crippen LogP contribution in [0.5, 0.6) is 0 Å². The van der Waals surface area contributed by atoms with Gasteiger partial charge in [-0.2, -0.15) is 0 Å². The van der Waals surface area contributed by atoms with Crippen LogP contribution in [0.15, 0.2) is 0 Å². The van der Waals surface area contributed by atoms with Gasteiger partial charge in [0.05, 0.1) is 19.1 Å². The Bertz CT molecular complexity index is 273. The Morgan fingerprint density at radius 2 is 1.94 bits per heavy atom. The van der Waals surface area contributed by atoms with Gasteiger partial charge in [0.15, 0.2) is 0 Å². The van der Waals surface area contributed by atoms with Gasteiger partial charge in [-0.05, 0) is 39.3 Å². The molecule has 0 atom stereocenters. The van der Waals surface area contributed by atoms with E-state index in [2.05, 4.69) is 10.2 Å². The van der Waals surface area contributed by atoms with Gasteiger partial charge in [0, 0.05) is 6.54 Å². The lowest BCUT2D eigenvalue weighted by Gasteiger charge is -2.30. The maximum Gasteiger partial charge on any atom is 0.309 e. The lowest BCUT2D eigenvalue weighted by molar-refractivity contribution is -0.149. The number of piperidine rings is 1. The van der Waals surface area contributed by atoms with E-state index in [-0.39, 0.29) is 17.8 Å². The largest absolute Gasteiger partial charge is 0.466 e. The standard InChI is InChI=1S/C13H24N2O3/c1-3-7-14-12(16)10-15-8-5-11(6-9-15)13(17)18-4-2/h11H,3-10H2,1-2H3,(H,14,16). The summed E-state index contributed by atoms with van der Waals surface area (Å²) in [7, 11) is 0. The van der Waals surface area contributed by atoms with E-state index in [1.807, 2.05) is 13.8 Å². The van der Waals surface area contributed by atoms with Gasteiger partial charge < -0.3 is 10.1 Å². The second-order valence-corrected chi connectivity index (χ2v) is 4.65. The normalized spacial score (nSPS) is 17.4. The minimum atomic E-state index is -0.0902. The number of carbonyl (C=O) groups excluding carboxylic acids is 2. The van der Waals surface area contributed by atoms with Gasteiger partial charge >= 0.3 is 5.97 Å². The van der Waals surface area contributed by atoms with Gasteiger partial charge in [-0.3, -0.25) is 14.5 Å². The molecule has 1 heterocycles. The third kappa shape index (κ3) is 5.04. The average Bonchev–Trinajstić information content (AvgIpc) is 2.37. The van der Waals surface area contributed by atoms with Crippen LogP contribution in [0.25, 0.3) is 0 Å². The number of carbonyl (C=O) groups is 2. The number of nitrogens with one attached hydrogen (secondary N) is 1. The summed E-state index contributed by atoms with van der Waals surface area (Å²) in [6.07, 6.45) is 2.54. The van der Waals surface area contributed by atoms with E-state index in [1.165, 1.54) is 0 Å². The van der Waals surface area contributed by atoms with E-state index in [0.29, 0.717) is 13.2 Å². The molecule has 0 bridgehead atoms. The molecule has 0 aliphatic carbocycles. The molecule has 18 heavy (non-hydrogen) atoms. The molecule has 0 unspecified atom stereocenters. The first-order valence-electron chi connectivity index (χ1n) is 6.83. The molecule has 0 spiro atoms. The number of hydrogen-bond acceptors (Lipinski definition) is 4. The smallest absolute Gasteiger partial charge is 0.309 e. The van der Waals surface area contributed by atoms with E-state index in [9.17, 15) is 9.59 Å². The van der Waals surface area contributed by atoms with Crippen molar-refractivity contribution in [2.45, 2.75) is 33.1 Å². The molecule has 1 rings (SSSR count). The molecule has 5 heteroatoms. The molecule has 0 aromatic heterocycles. The fourth-order valence-electron chi connectivity index (χ4n) is 2.11. The predicted octanol–water partition coefficient (Wildman–Crippen LogP) is 0.788. The lowest BCUT2D eigenvalue weighted by Crippen LogP contribution is -2.43. The number of nitrogens with zero attached hydrogens (tertiary/aromatic N) is 1. The number of likely N-dealkylation sites (tertiary alicyclic amines) is 1. The second-order valence-electron chi connectivity index (χ2n) is 4.65. The van der Waals surface area contributed by atoms with Crippen molar-refractivity contribution in [1.82, 2.24) is 10.2 Å². The Hall–Kier alpha value is -1.10. The summed E-state index contributed by atoms with van der Waals surface area (Å²) in [5.74, 6) is -0.000998.